The third kappa shape index (κ3) is 7.68. The maximum atomic E-state index is 13.8. The molecule has 15 heteroatoms. The number of nitrogens with two attached hydrogens (primary N) is 2. The van der Waals surface area contributed by atoms with Crippen molar-refractivity contribution in [1.29, 1.82) is 0 Å². The van der Waals surface area contributed by atoms with E-state index in [2.05, 4.69) is 19.8 Å². The molecule has 1 aliphatic heterocycles. The zero-order valence-electron chi connectivity index (χ0n) is 19.1. The average Bonchev–Trinajstić information content (AvgIpc) is 2.76. The summed E-state index contributed by atoms with van der Waals surface area (Å²) < 4.78 is 93.1. The van der Waals surface area contributed by atoms with Gasteiger partial charge in [-0.05, 0) is 43.0 Å². The van der Waals surface area contributed by atoms with Gasteiger partial charge in [0.15, 0.2) is 5.96 Å². The smallest absolute Gasteiger partial charge is 0.475 e. The number of carbonyl (C=O) groups is 2. The molecule has 1 heterocycles. The molecule has 0 saturated carbocycles. The first-order valence-corrected chi connectivity index (χ1v) is 10.5. The molecule has 2 atom stereocenters. The van der Waals surface area contributed by atoms with Crippen molar-refractivity contribution in [1.82, 2.24) is 5.32 Å². The molecule has 9 nitrogen and oxygen atoms in total. The number of aliphatic imine (C=N–C) groups is 1. The van der Waals surface area contributed by atoms with Gasteiger partial charge in [0.25, 0.3) is 5.91 Å². The van der Waals surface area contributed by atoms with Crippen LogP contribution in [0.3, 0.4) is 0 Å². The summed E-state index contributed by atoms with van der Waals surface area (Å²) in [6.45, 7) is 1.56. The van der Waals surface area contributed by atoms with E-state index < -0.39 is 47.9 Å². The van der Waals surface area contributed by atoms with E-state index >= 15 is 0 Å². The Morgan fingerprint density at radius 1 is 1.19 bits per heavy atom. The van der Waals surface area contributed by atoms with Gasteiger partial charge in [-0.1, -0.05) is 6.92 Å². The molecule has 0 spiro atoms. The van der Waals surface area contributed by atoms with Crippen LogP contribution in [0.4, 0.5) is 26.3 Å². The number of alkyl halides is 6. The number of esters is 1. The molecule has 1 aliphatic rings. The van der Waals surface area contributed by atoms with Crippen molar-refractivity contribution in [2.75, 3.05) is 13.7 Å². The van der Waals surface area contributed by atoms with Crippen molar-refractivity contribution < 1.29 is 50.1 Å². The number of rotatable bonds is 9. The quantitative estimate of drug-likeness (QED) is 0.148. The van der Waals surface area contributed by atoms with Crippen LogP contribution >= 0.6 is 0 Å². The number of amides is 1. The van der Waals surface area contributed by atoms with E-state index in [1.54, 1.807) is 0 Å². The van der Waals surface area contributed by atoms with Gasteiger partial charge in [-0.15, -0.1) is 13.2 Å². The number of hydrogen-bond acceptors (Lipinski definition) is 6. The van der Waals surface area contributed by atoms with E-state index in [1.165, 1.54) is 6.92 Å². The molecule has 1 aromatic rings. The molecule has 5 N–H and O–H groups in total. The van der Waals surface area contributed by atoms with E-state index in [0.29, 0.717) is 0 Å². The second kappa shape index (κ2) is 11.4. The summed E-state index contributed by atoms with van der Waals surface area (Å²) >= 11 is 0. The van der Waals surface area contributed by atoms with Crippen LogP contribution in [0.2, 0.25) is 0 Å². The summed E-state index contributed by atoms with van der Waals surface area (Å²) in [6.07, 6.45) is -12.0. The lowest BCUT2D eigenvalue weighted by atomic mass is 9.96. The maximum absolute atomic E-state index is 13.8. The van der Waals surface area contributed by atoms with Crippen molar-refractivity contribution in [2.45, 2.75) is 50.9 Å². The minimum Gasteiger partial charge on any atom is -0.475 e. The number of methoxy groups -OCH3 is 1. The van der Waals surface area contributed by atoms with Crippen LogP contribution in [0, 0.1) is 0 Å². The second-order valence-corrected chi connectivity index (χ2v) is 7.54. The molecular formula is C21H24F6N4O5. The van der Waals surface area contributed by atoms with E-state index in [0.717, 1.165) is 25.3 Å². The Balaban J connectivity index is 2.44. The summed E-state index contributed by atoms with van der Waals surface area (Å²) in [5.74, 6) is -3.53. The molecule has 1 amide bonds. The number of ether oxygens (including phenoxy) is 3. The number of carbonyl (C=O) groups excluding carboxylic acids is 2. The van der Waals surface area contributed by atoms with Crippen LogP contribution in [0.15, 0.2) is 22.7 Å². The molecule has 0 radical (unpaired) electrons. The lowest BCUT2D eigenvalue weighted by Crippen LogP contribution is -2.48. The van der Waals surface area contributed by atoms with Gasteiger partial charge in [-0.25, -0.2) is 4.79 Å². The van der Waals surface area contributed by atoms with Gasteiger partial charge < -0.3 is 31.0 Å². The zero-order valence-corrected chi connectivity index (χ0v) is 19.1. The standard InChI is InChI=1S/C21H24F6N4O5/c1-3-10-7-12(36-21(25,26)27)8-11-9-13(16(20(22,23)24)35-15(10)11)17(32)31-14(18(33)34-2)5-4-6-30-19(28)29/h7-9,14,16H,3-6H2,1-2H3,(H,31,32)(H4,28,29,30)/t14-,16-/m0/s1. The third-order valence-electron chi connectivity index (χ3n) is 4.91. The number of fused-ring (bicyclic) bond motifs is 1. The topological polar surface area (TPSA) is 138 Å². The molecule has 0 unspecified atom stereocenters. The van der Waals surface area contributed by atoms with Gasteiger partial charge >= 0.3 is 18.5 Å². The highest BCUT2D eigenvalue weighted by atomic mass is 19.4. The minimum absolute atomic E-state index is 0.00359. The van der Waals surface area contributed by atoms with Crippen molar-refractivity contribution >= 4 is 23.9 Å². The number of hydrogen-bond donors (Lipinski definition) is 3. The summed E-state index contributed by atoms with van der Waals surface area (Å²) in [5.41, 5.74) is 9.20. The lowest BCUT2D eigenvalue weighted by molar-refractivity contribution is -0.274. The molecule has 0 fully saturated rings. The Morgan fingerprint density at radius 2 is 1.86 bits per heavy atom. The van der Waals surface area contributed by atoms with Gasteiger partial charge in [0.2, 0.25) is 6.10 Å². The maximum Gasteiger partial charge on any atom is 0.573 e. The molecule has 0 bridgehead atoms. The van der Waals surface area contributed by atoms with Crippen molar-refractivity contribution in [3.63, 3.8) is 0 Å². The Labute approximate surface area is 201 Å². The first-order chi connectivity index (χ1) is 16.7. The number of aryl methyl sites for hydroxylation is 1. The number of benzene rings is 1. The second-order valence-electron chi connectivity index (χ2n) is 7.54. The molecule has 0 saturated heterocycles. The predicted octanol–water partition coefficient (Wildman–Crippen LogP) is 2.57. The van der Waals surface area contributed by atoms with Crippen LogP contribution in [0.5, 0.6) is 11.5 Å². The van der Waals surface area contributed by atoms with Crippen LogP contribution in [-0.2, 0) is 20.7 Å². The number of guanidine groups is 1. The van der Waals surface area contributed by atoms with Crippen LogP contribution < -0.4 is 26.3 Å². The monoisotopic (exact) mass is 526 g/mol. The predicted molar refractivity (Wildman–Crippen MR) is 115 cm³/mol. The first-order valence-electron chi connectivity index (χ1n) is 10.5. The van der Waals surface area contributed by atoms with E-state index in [-0.39, 0.29) is 48.6 Å². The molecule has 2 rings (SSSR count). The summed E-state index contributed by atoms with van der Waals surface area (Å²) in [7, 11) is 1.02. The van der Waals surface area contributed by atoms with Gasteiger partial charge in [0, 0.05) is 12.1 Å². The summed E-state index contributed by atoms with van der Waals surface area (Å²) in [5, 5.41) is 2.16. The van der Waals surface area contributed by atoms with Crippen LogP contribution in [0.1, 0.15) is 30.9 Å². The summed E-state index contributed by atoms with van der Waals surface area (Å²) in [6, 6.07) is 0.344. The molecule has 0 aromatic heterocycles. The SMILES string of the molecule is CCc1cc(OC(F)(F)F)cc2c1O[C@H](C(F)(F)F)C(C(=O)N[C@@H](CCCN=C(N)N)C(=O)OC)=C2. The number of nitrogens with zero attached hydrogens (tertiary/aromatic N) is 1. The van der Waals surface area contributed by atoms with Crippen LogP contribution in [0.25, 0.3) is 6.08 Å². The summed E-state index contributed by atoms with van der Waals surface area (Å²) in [4.78, 5) is 28.6. The Bertz CT molecular complexity index is 1030. The van der Waals surface area contributed by atoms with Gasteiger partial charge in [0.05, 0.1) is 12.7 Å². The fraction of sp³-hybridized carbons (Fsp3) is 0.476. The Kier molecular flexibility index (Phi) is 9.05. The van der Waals surface area contributed by atoms with Crippen LogP contribution in [-0.4, -0.2) is 56.2 Å². The van der Waals surface area contributed by atoms with Crippen molar-refractivity contribution in [3.8, 4) is 11.5 Å². The number of nitrogens with one attached hydrogen (secondary N) is 1. The highest BCUT2D eigenvalue weighted by Gasteiger charge is 2.49. The molecule has 1 aromatic carbocycles. The van der Waals surface area contributed by atoms with Crippen molar-refractivity contribution in [2.24, 2.45) is 16.5 Å². The first kappa shape index (κ1) is 28.6. The molecule has 0 aliphatic carbocycles. The molecular weight excluding hydrogens is 502 g/mol. The van der Waals surface area contributed by atoms with Gasteiger partial charge in [-0.2, -0.15) is 13.2 Å². The van der Waals surface area contributed by atoms with Crippen molar-refractivity contribution in [3.05, 3.63) is 28.8 Å². The van der Waals surface area contributed by atoms with Gasteiger partial charge in [-0.3, -0.25) is 9.79 Å². The molecule has 200 valence electrons. The largest absolute Gasteiger partial charge is 0.573 e. The highest BCUT2D eigenvalue weighted by molar-refractivity contribution is 6.02. The molecule has 36 heavy (non-hydrogen) atoms. The highest BCUT2D eigenvalue weighted by Crippen LogP contribution is 2.42. The lowest BCUT2D eigenvalue weighted by Gasteiger charge is -2.30. The Morgan fingerprint density at radius 3 is 2.39 bits per heavy atom. The average molecular weight is 526 g/mol. The minimum atomic E-state index is -5.07. The Hall–Kier alpha value is -3.65. The fourth-order valence-corrected chi connectivity index (χ4v) is 3.38. The van der Waals surface area contributed by atoms with E-state index in [1.807, 2.05) is 0 Å². The van der Waals surface area contributed by atoms with Gasteiger partial charge in [0.1, 0.15) is 17.5 Å². The zero-order chi connectivity index (χ0) is 27.3. The fourth-order valence-electron chi connectivity index (χ4n) is 3.38. The van der Waals surface area contributed by atoms with E-state index in [9.17, 15) is 35.9 Å². The van der Waals surface area contributed by atoms with E-state index in [4.69, 9.17) is 16.2 Å². The normalized spacial score (nSPS) is 16.1. The third-order valence-corrected chi connectivity index (χ3v) is 4.91. The number of halogens is 6.